The topological polar surface area (TPSA) is 57.6 Å². The molecule has 1 N–H and O–H groups in total. The van der Waals surface area contributed by atoms with E-state index in [-0.39, 0.29) is 5.91 Å². The Labute approximate surface area is 74.0 Å². The Morgan fingerprint density at radius 2 is 2.00 bits per heavy atom. The monoisotopic (exact) mass is 191 g/mol. The van der Waals surface area contributed by atoms with E-state index in [4.69, 9.17) is 5.11 Å². The van der Waals surface area contributed by atoms with Gasteiger partial charge in [0, 0.05) is 35.4 Å². The highest BCUT2D eigenvalue weighted by atomic mass is 32.2. The van der Waals surface area contributed by atoms with Gasteiger partial charge < -0.3 is 10.0 Å². The van der Waals surface area contributed by atoms with Gasteiger partial charge in [0.2, 0.25) is 0 Å². The van der Waals surface area contributed by atoms with E-state index < -0.39 is 16.9 Å². The fourth-order valence-corrected chi connectivity index (χ4v) is 2.17. The first-order valence-corrected chi connectivity index (χ1v) is 5.42. The van der Waals surface area contributed by atoms with Crippen LogP contribution in [-0.4, -0.2) is 50.8 Å². The van der Waals surface area contributed by atoms with Gasteiger partial charge in [-0.3, -0.25) is 9.00 Å². The van der Waals surface area contributed by atoms with E-state index in [1.165, 1.54) is 6.92 Å². The highest BCUT2D eigenvalue weighted by Gasteiger charge is 2.22. The summed E-state index contributed by atoms with van der Waals surface area (Å²) in [6, 6.07) is 0. The summed E-state index contributed by atoms with van der Waals surface area (Å²) in [6.45, 7) is 2.47. The van der Waals surface area contributed by atoms with Gasteiger partial charge in [0.25, 0.3) is 5.91 Å². The summed E-state index contributed by atoms with van der Waals surface area (Å²) < 4.78 is 10.9. The molecule has 1 rings (SSSR count). The standard InChI is InChI=1S/C7H13NO3S/c1-6(9)7(10)8-2-4-12(11)5-3-8/h6,9H,2-5H2,1H3/t6-/m0/s1. The van der Waals surface area contributed by atoms with Gasteiger partial charge in [0.05, 0.1) is 0 Å². The Balaban J connectivity index is 2.44. The van der Waals surface area contributed by atoms with Crippen molar-refractivity contribution < 1.29 is 14.1 Å². The molecule has 1 aliphatic heterocycles. The number of nitrogens with zero attached hydrogens (tertiary/aromatic N) is 1. The number of aliphatic hydroxyl groups excluding tert-OH is 1. The highest BCUT2D eigenvalue weighted by molar-refractivity contribution is 7.85. The molecule has 1 atom stereocenters. The zero-order valence-corrected chi connectivity index (χ0v) is 7.84. The van der Waals surface area contributed by atoms with E-state index in [0.29, 0.717) is 24.6 Å². The molecule has 1 aliphatic rings. The number of aliphatic hydroxyl groups is 1. The first-order chi connectivity index (χ1) is 5.61. The molecule has 4 nitrogen and oxygen atoms in total. The lowest BCUT2D eigenvalue weighted by Gasteiger charge is -2.27. The third-order valence-corrected chi connectivity index (χ3v) is 3.12. The highest BCUT2D eigenvalue weighted by Crippen LogP contribution is 2.02. The molecule has 0 aromatic heterocycles. The smallest absolute Gasteiger partial charge is 0.251 e. The number of hydrogen-bond donors (Lipinski definition) is 1. The van der Waals surface area contributed by atoms with Gasteiger partial charge in [0.15, 0.2) is 0 Å². The van der Waals surface area contributed by atoms with Crippen LogP contribution in [0.1, 0.15) is 6.92 Å². The molecule has 0 radical (unpaired) electrons. The van der Waals surface area contributed by atoms with Crippen molar-refractivity contribution in [2.45, 2.75) is 13.0 Å². The number of carbonyl (C=O) groups is 1. The van der Waals surface area contributed by atoms with Gasteiger partial charge in [0.1, 0.15) is 6.10 Å². The van der Waals surface area contributed by atoms with Crippen molar-refractivity contribution in [2.75, 3.05) is 24.6 Å². The maximum Gasteiger partial charge on any atom is 0.251 e. The van der Waals surface area contributed by atoms with Crippen molar-refractivity contribution >= 4 is 16.7 Å². The second kappa shape index (κ2) is 4.00. The van der Waals surface area contributed by atoms with Crippen molar-refractivity contribution in [3.05, 3.63) is 0 Å². The van der Waals surface area contributed by atoms with Gasteiger partial charge in [-0.2, -0.15) is 0 Å². The lowest BCUT2D eigenvalue weighted by atomic mass is 10.3. The van der Waals surface area contributed by atoms with E-state index >= 15 is 0 Å². The minimum atomic E-state index is -0.934. The van der Waals surface area contributed by atoms with Gasteiger partial charge in [-0.25, -0.2) is 0 Å². The summed E-state index contributed by atoms with van der Waals surface area (Å²) in [6.07, 6.45) is -0.934. The van der Waals surface area contributed by atoms with Crippen LogP contribution in [0.4, 0.5) is 0 Å². The molecule has 0 unspecified atom stereocenters. The fourth-order valence-electron chi connectivity index (χ4n) is 1.12. The van der Waals surface area contributed by atoms with Gasteiger partial charge in [-0.15, -0.1) is 0 Å². The SMILES string of the molecule is C[C@H](O)C(=O)N1CCS(=O)CC1. The van der Waals surface area contributed by atoms with Crippen LogP contribution in [0.25, 0.3) is 0 Å². The minimum Gasteiger partial charge on any atom is -0.384 e. The molecular weight excluding hydrogens is 178 g/mol. The van der Waals surface area contributed by atoms with Gasteiger partial charge in [-0.1, -0.05) is 0 Å². The first kappa shape index (κ1) is 9.67. The van der Waals surface area contributed by atoms with E-state index in [1.807, 2.05) is 0 Å². The van der Waals surface area contributed by atoms with Crippen molar-refractivity contribution in [3.8, 4) is 0 Å². The average molecular weight is 191 g/mol. The minimum absolute atomic E-state index is 0.258. The van der Waals surface area contributed by atoms with Crippen molar-refractivity contribution in [3.63, 3.8) is 0 Å². The fraction of sp³-hybridized carbons (Fsp3) is 0.857. The first-order valence-electron chi connectivity index (χ1n) is 3.93. The Morgan fingerprint density at radius 1 is 1.50 bits per heavy atom. The van der Waals surface area contributed by atoms with Crippen LogP contribution < -0.4 is 0 Å². The van der Waals surface area contributed by atoms with Gasteiger partial charge in [-0.05, 0) is 6.92 Å². The van der Waals surface area contributed by atoms with Gasteiger partial charge >= 0.3 is 0 Å². The average Bonchev–Trinajstić information content (AvgIpc) is 2.04. The molecular formula is C7H13NO3S. The lowest BCUT2D eigenvalue weighted by Crippen LogP contribution is -2.45. The number of carbonyl (C=O) groups excluding carboxylic acids is 1. The summed E-state index contributed by atoms with van der Waals surface area (Å²) in [5, 5.41) is 8.97. The van der Waals surface area contributed by atoms with Crippen LogP contribution >= 0.6 is 0 Å². The summed E-state index contributed by atoms with van der Waals surface area (Å²) in [5.74, 6) is 0.823. The normalized spacial score (nSPS) is 22.3. The molecule has 0 aromatic carbocycles. The summed E-state index contributed by atoms with van der Waals surface area (Å²) in [4.78, 5) is 12.7. The maximum atomic E-state index is 11.2. The Hall–Kier alpha value is -0.420. The molecule has 0 saturated carbocycles. The molecule has 1 heterocycles. The molecule has 0 bridgehead atoms. The predicted octanol–water partition coefficient (Wildman–Crippen LogP) is -1.04. The molecule has 70 valence electrons. The largest absolute Gasteiger partial charge is 0.384 e. The van der Waals surface area contributed by atoms with Crippen LogP contribution in [0.15, 0.2) is 0 Å². The number of rotatable bonds is 1. The van der Waals surface area contributed by atoms with Crippen LogP contribution in [0.2, 0.25) is 0 Å². The summed E-state index contributed by atoms with van der Waals surface area (Å²) >= 11 is 0. The molecule has 1 fully saturated rings. The summed E-state index contributed by atoms with van der Waals surface area (Å²) in [7, 11) is -0.766. The Bertz CT molecular complexity index is 195. The third-order valence-electron chi connectivity index (χ3n) is 1.85. The van der Waals surface area contributed by atoms with Crippen LogP contribution in [-0.2, 0) is 15.6 Å². The van der Waals surface area contributed by atoms with E-state index in [2.05, 4.69) is 0 Å². The maximum absolute atomic E-state index is 11.2. The lowest BCUT2D eigenvalue weighted by molar-refractivity contribution is -0.138. The predicted molar refractivity (Wildman–Crippen MR) is 46.1 cm³/mol. The number of amides is 1. The summed E-state index contributed by atoms with van der Waals surface area (Å²) in [5.41, 5.74) is 0. The number of hydrogen-bond acceptors (Lipinski definition) is 3. The van der Waals surface area contributed by atoms with E-state index in [0.717, 1.165) is 0 Å². The van der Waals surface area contributed by atoms with Crippen molar-refractivity contribution in [1.29, 1.82) is 0 Å². The third kappa shape index (κ3) is 2.28. The van der Waals surface area contributed by atoms with Crippen LogP contribution in [0.3, 0.4) is 0 Å². The molecule has 0 spiro atoms. The molecule has 1 amide bonds. The van der Waals surface area contributed by atoms with Crippen molar-refractivity contribution in [2.24, 2.45) is 0 Å². The quantitative estimate of drug-likeness (QED) is 0.576. The zero-order chi connectivity index (χ0) is 9.14. The molecule has 1 saturated heterocycles. The molecule has 12 heavy (non-hydrogen) atoms. The Morgan fingerprint density at radius 3 is 2.42 bits per heavy atom. The van der Waals surface area contributed by atoms with Crippen LogP contribution in [0, 0.1) is 0 Å². The van der Waals surface area contributed by atoms with Crippen molar-refractivity contribution in [1.82, 2.24) is 4.90 Å². The molecule has 0 aromatic rings. The molecule has 5 heteroatoms. The van der Waals surface area contributed by atoms with E-state index in [9.17, 15) is 9.00 Å². The second-order valence-corrected chi connectivity index (χ2v) is 4.55. The Kier molecular flexibility index (Phi) is 3.22. The second-order valence-electron chi connectivity index (χ2n) is 2.85. The molecule has 0 aliphatic carbocycles. The zero-order valence-electron chi connectivity index (χ0n) is 7.02. The van der Waals surface area contributed by atoms with E-state index in [1.54, 1.807) is 4.90 Å². The van der Waals surface area contributed by atoms with Crippen LogP contribution in [0.5, 0.6) is 0 Å².